The van der Waals surface area contributed by atoms with Gasteiger partial charge in [0.25, 0.3) is 10.0 Å². The highest BCUT2D eigenvalue weighted by Crippen LogP contribution is 2.32. The highest BCUT2D eigenvalue weighted by atomic mass is 32.2. The Morgan fingerprint density at radius 1 is 0.919 bits per heavy atom. The summed E-state index contributed by atoms with van der Waals surface area (Å²) in [7, 11) is -1.16. The minimum Gasteiger partial charge on any atom is -0.493 e. The lowest BCUT2D eigenvalue weighted by molar-refractivity contribution is -0.120. The Labute approximate surface area is 219 Å². The number of para-hydroxylation sites is 1. The van der Waals surface area contributed by atoms with E-state index in [1.54, 1.807) is 30.3 Å². The molecule has 37 heavy (non-hydrogen) atoms. The first kappa shape index (κ1) is 26.5. The second-order valence-corrected chi connectivity index (χ2v) is 11.0. The van der Waals surface area contributed by atoms with Crippen molar-refractivity contribution in [3.05, 3.63) is 83.4 Å². The fourth-order valence-electron chi connectivity index (χ4n) is 4.78. The number of nitrogens with zero attached hydrogens (tertiary/aromatic N) is 1. The van der Waals surface area contributed by atoms with E-state index < -0.39 is 10.0 Å². The molecule has 0 aliphatic heterocycles. The Morgan fingerprint density at radius 2 is 1.62 bits per heavy atom. The molecule has 0 saturated carbocycles. The Bertz CT molecular complexity index is 1340. The lowest BCUT2D eigenvalue weighted by Crippen LogP contribution is -2.42. The second kappa shape index (κ2) is 11.7. The van der Waals surface area contributed by atoms with Crippen LogP contribution in [0.25, 0.3) is 0 Å². The number of nitrogens with one attached hydrogen (secondary N) is 1. The van der Waals surface area contributed by atoms with Crippen molar-refractivity contribution in [2.45, 2.75) is 50.0 Å². The number of amides is 1. The van der Waals surface area contributed by atoms with Crippen molar-refractivity contribution < 1.29 is 22.7 Å². The first-order chi connectivity index (χ1) is 17.9. The summed E-state index contributed by atoms with van der Waals surface area (Å²) in [6.45, 7) is 1.65. The van der Waals surface area contributed by atoms with E-state index in [0.29, 0.717) is 23.6 Å². The molecular weight excluding hydrogens is 488 g/mol. The second-order valence-electron chi connectivity index (χ2n) is 9.13. The normalized spacial score (nSPS) is 13.8. The van der Waals surface area contributed by atoms with Crippen molar-refractivity contribution in [1.82, 2.24) is 5.32 Å². The first-order valence-electron chi connectivity index (χ1n) is 12.6. The molecule has 1 aliphatic rings. The maximum atomic E-state index is 13.8. The van der Waals surface area contributed by atoms with Gasteiger partial charge in [0.2, 0.25) is 5.91 Å². The van der Waals surface area contributed by atoms with E-state index in [1.165, 1.54) is 56.4 Å². The first-order valence-corrected chi connectivity index (χ1v) is 14.0. The molecular formula is C29H34N2O5S. The molecule has 1 amide bonds. The summed E-state index contributed by atoms with van der Waals surface area (Å²) in [5, 5.41) is 3.06. The van der Waals surface area contributed by atoms with Crippen LogP contribution in [-0.2, 0) is 27.7 Å². The van der Waals surface area contributed by atoms with Gasteiger partial charge in [0, 0.05) is 6.07 Å². The lowest BCUT2D eigenvalue weighted by atomic mass is 9.89. The van der Waals surface area contributed by atoms with Gasteiger partial charge in [-0.05, 0) is 73.1 Å². The highest BCUT2D eigenvalue weighted by Gasteiger charge is 2.29. The van der Waals surface area contributed by atoms with Crippen LogP contribution in [0.15, 0.2) is 71.6 Å². The molecule has 0 spiro atoms. The van der Waals surface area contributed by atoms with Gasteiger partial charge < -0.3 is 14.8 Å². The third-order valence-corrected chi connectivity index (χ3v) is 8.56. The van der Waals surface area contributed by atoms with Crippen LogP contribution in [0.5, 0.6) is 11.5 Å². The van der Waals surface area contributed by atoms with Gasteiger partial charge in [-0.25, -0.2) is 8.42 Å². The number of aryl methyl sites for hydroxylation is 2. The summed E-state index contributed by atoms with van der Waals surface area (Å²) in [4.78, 5) is 13.3. The summed E-state index contributed by atoms with van der Waals surface area (Å²) >= 11 is 0. The van der Waals surface area contributed by atoms with Crippen molar-refractivity contribution in [1.29, 1.82) is 0 Å². The zero-order valence-corrected chi connectivity index (χ0v) is 22.4. The molecule has 196 valence electrons. The molecule has 1 aliphatic carbocycles. The van der Waals surface area contributed by atoms with Crippen molar-refractivity contribution in [3.63, 3.8) is 0 Å². The van der Waals surface area contributed by atoms with E-state index in [4.69, 9.17) is 9.47 Å². The largest absolute Gasteiger partial charge is 0.493 e. The maximum absolute atomic E-state index is 13.8. The molecule has 0 radical (unpaired) electrons. The van der Waals surface area contributed by atoms with Crippen molar-refractivity contribution in [2.75, 3.05) is 25.1 Å². The van der Waals surface area contributed by atoms with Crippen LogP contribution in [0.4, 0.5) is 5.69 Å². The summed E-state index contributed by atoms with van der Waals surface area (Å²) in [6, 6.07) is 19.3. The van der Waals surface area contributed by atoms with Crippen LogP contribution in [-0.4, -0.2) is 35.1 Å². The Morgan fingerprint density at radius 3 is 2.30 bits per heavy atom. The average Bonchev–Trinajstić information content (AvgIpc) is 2.94. The molecule has 7 nitrogen and oxygen atoms in total. The maximum Gasteiger partial charge on any atom is 0.264 e. The smallest absolute Gasteiger partial charge is 0.264 e. The van der Waals surface area contributed by atoms with Crippen LogP contribution in [0.2, 0.25) is 0 Å². The predicted octanol–water partition coefficient (Wildman–Crippen LogP) is 5.05. The monoisotopic (exact) mass is 522 g/mol. The van der Waals surface area contributed by atoms with Crippen molar-refractivity contribution in [3.8, 4) is 11.5 Å². The molecule has 0 bridgehead atoms. The molecule has 0 aromatic heterocycles. The minimum absolute atomic E-state index is 0.00327. The Balaban J connectivity index is 1.61. The number of sulfonamides is 1. The molecule has 1 N–H and O–H groups in total. The molecule has 0 fully saturated rings. The van der Waals surface area contributed by atoms with Gasteiger partial charge in [-0.15, -0.1) is 0 Å². The van der Waals surface area contributed by atoms with Crippen LogP contribution in [0.3, 0.4) is 0 Å². The Hall–Kier alpha value is -3.52. The van der Waals surface area contributed by atoms with Crippen LogP contribution in [0, 0.1) is 0 Å². The summed E-state index contributed by atoms with van der Waals surface area (Å²) < 4.78 is 39.2. The zero-order chi connectivity index (χ0) is 26.4. The number of ether oxygens (including phenoxy) is 2. The lowest BCUT2D eigenvalue weighted by Gasteiger charge is -2.26. The van der Waals surface area contributed by atoms with Crippen LogP contribution >= 0.6 is 0 Å². The third-order valence-electron chi connectivity index (χ3n) is 6.79. The fraction of sp³-hybridized carbons (Fsp3) is 0.345. The molecule has 4 rings (SSSR count). The van der Waals surface area contributed by atoms with E-state index in [1.807, 2.05) is 6.92 Å². The van der Waals surface area contributed by atoms with Gasteiger partial charge in [0.1, 0.15) is 6.54 Å². The fourth-order valence-corrected chi connectivity index (χ4v) is 6.21. The minimum atomic E-state index is -4.09. The van der Waals surface area contributed by atoms with Gasteiger partial charge in [0.15, 0.2) is 11.5 Å². The van der Waals surface area contributed by atoms with E-state index >= 15 is 0 Å². The van der Waals surface area contributed by atoms with E-state index in [2.05, 4.69) is 23.5 Å². The number of benzene rings is 3. The summed E-state index contributed by atoms with van der Waals surface area (Å²) in [5.41, 5.74) is 4.17. The van der Waals surface area contributed by atoms with Crippen LogP contribution in [0.1, 0.15) is 48.9 Å². The van der Waals surface area contributed by atoms with Crippen LogP contribution < -0.4 is 19.1 Å². The van der Waals surface area contributed by atoms with E-state index in [0.717, 1.165) is 22.7 Å². The molecule has 0 unspecified atom stereocenters. The molecule has 1 atom stereocenters. The third kappa shape index (κ3) is 5.91. The highest BCUT2D eigenvalue weighted by molar-refractivity contribution is 7.92. The van der Waals surface area contributed by atoms with Crippen molar-refractivity contribution >= 4 is 21.6 Å². The standard InChI is InChI=1S/C29H34N2O5S/c1-4-26(23-15-14-21-10-8-9-11-22(21)18-23)30-29(32)20-31(24-12-6-5-7-13-24)37(33,34)25-16-17-27(35-2)28(19-25)36-3/h5-7,12-19,26H,4,8-11,20H2,1-3H3,(H,30,32)/t26-/m0/s1. The molecule has 0 heterocycles. The quantitative estimate of drug-likeness (QED) is 0.403. The number of methoxy groups -OCH3 is 2. The Kier molecular flexibility index (Phi) is 8.38. The topological polar surface area (TPSA) is 84.9 Å². The molecule has 3 aromatic rings. The molecule has 3 aromatic carbocycles. The van der Waals surface area contributed by atoms with Gasteiger partial charge in [-0.1, -0.05) is 43.3 Å². The number of carbonyl (C=O) groups is 1. The number of fused-ring (bicyclic) bond motifs is 1. The predicted molar refractivity (Wildman–Crippen MR) is 145 cm³/mol. The summed E-state index contributed by atoms with van der Waals surface area (Å²) in [5.74, 6) is 0.332. The zero-order valence-electron chi connectivity index (χ0n) is 21.6. The summed E-state index contributed by atoms with van der Waals surface area (Å²) in [6.07, 6.45) is 5.24. The SMILES string of the molecule is CC[C@H](NC(=O)CN(c1ccccc1)S(=O)(=O)c1ccc(OC)c(OC)c1)c1ccc2c(c1)CCCC2. The molecule has 8 heteroatoms. The number of carbonyl (C=O) groups excluding carboxylic acids is 1. The van der Waals surface area contributed by atoms with Gasteiger partial charge in [-0.3, -0.25) is 9.10 Å². The number of hydrogen-bond acceptors (Lipinski definition) is 5. The van der Waals surface area contributed by atoms with Crippen molar-refractivity contribution in [2.24, 2.45) is 0 Å². The average molecular weight is 523 g/mol. The molecule has 0 saturated heterocycles. The van der Waals surface area contributed by atoms with Gasteiger partial charge in [-0.2, -0.15) is 0 Å². The van der Waals surface area contributed by atoms with Gasteiger partial charge >= 0.3 is 0 Å². The number of hydrogen-bond donors (Lipinski definition) is 1. The van der Waals surface area contributed by atoms with E-state index in [-0.39, 0.29) is 23.4 Å². The number of anilines is 1. The number of rotatable bonds is 10. The van der Waals surface area contributed by atoms with Gasteiger partial charge in [0.05, 0.1) is 30.8 Å². The van der Waals surface area contributed by atoms with E-state index in [9.17, 15) is 13.2 Å².